The van der Waals surface area contributed by atoms with Crippen LogP contribution < -0.4 is 4.72 Å². The molecule has 0 radical (unpaired) electrons. The van der Waals surface area contributed by atoms with Crippen molar-refractivity contribution in [2.45, 2.75) is 56.6 Å². The van der Waals surface area contributed by atoms with E-state index in [1.165, 1.54) is 0 Å². The van der Waals surface area contributed by atoms with Crippen molar-refractivity contribution < 1.29 is 17.9 Å². The number of aryl methyl sites for hydroxylation is 2. The molecule has 1 aliphatic rings. The highest BCUT2D eigenvalue weighted by molar-refractivity contribution is 7.89. The predicted octanol–water partition coefficient (Wildman–Crippen LogP) is 3.75. The molecule has 1 aliphatic carbocycles. The highest BCUT2D eigenvalue weighted by atomic mass is 32.2. The molecule has 3 rings (SSSR count). The van der Waals surface area contributed by atoms with Crippen molar-refractivity contribution in [2.24, 2.45) is 0 Å². The van der Waals surface area contributed by atoms with Crippen LogP contribution in [0.1, 0.15) is 47.2 Å². The van der Waals surface area contributed by atoms with Gasteiger partial charge in [0.25, 0.3) is 0 Å². The minimum atomic E-state index is -3.66. The van der Waals surface area contributed by atoms with E-state index < -0.39 is 28.1 Å². The summed E-state index contributed by atoms with van der Waals surface area (Å²) in [6.07, 6.45) is 2.65. The van der Waals surface area contributed by atoms with Gasteiger partial charge in [-0.25, -0.2) is 17.9 Å². The van der Waals surface area contributed by atoms with Crippen LogP contribution in [0.5, 0.6) is 0 Å². The topological polar surface area (TPSA) is 72.5 Å². The normalized spacial score (nSPS) is 20.2. The zero-order valence-electron chi connectivity index (χ0n) is 15.6. The molecule has 2 aromatic carbocycles. The van der Waals surface area contributed by atoms with Gasteiger partial charge < -0.3 is 4.74 Å². The van der Waals surface area contributed by atoms with Crippen LogP contribution in [0.15, 0.2) is 53.4 Å². The molecule has 144 valence electrons. The summed E-state index contributed by atoms with van der Waals surface area (Å²) in [5, 5.41) is 0. The summed E-state index contributed by atoms with van der Waals surface area (Å²) in [5.41, 5.74) is 2.46. The molecule has 0 aliphatic heterocycles. The first-order valence-electron chi connectivity index (χ1n) is 9.22. The van der Waals surface area contributed by atoms with Crippen LogP contribution in [0, 0.1) is 13.8 Å². The third-order valence-corrected chi connectivity index (χ3v) is 6.36. The highest BCUT2D eigenvalue weighted by Crippen LogP contribution is 2.24. The molecule has 0 aromatic heterocycles. The van der Waals surface area contributed by atoms with Crippen LogP contribution in [0.25, 0.3) is 0 Å². The minimum absolute atomic E-state index is 0.224. The van der Waals surface area contributed by atoms with Gasteiger partial charge in [-0.05, 0) is 57.4 Å². The second kappa shape index (κ2) is 8.23. The zero-order chi connectivity index (χ0) is 19.4. The van der Waals surface area contributed by atoms with Crippen LogP contribution >= 0.6 is 0 Å². The Hall–Kier alpha value is -2.18. The minimum Gasteiger partial charge on any atom is -0.457 e. The van der Waals surface area contributed by atoms with Crippen molar-refractivity contribution in [1.29, 1.82) is 0 Å². The maximum absolute atomic E-state index is 12.7. The Kier molecular flexibility index (Phi) is 5.97. The third-order valence-electron chi connectivity index (χ3n) is 4.85. The fraction of sp³-hybridized carbons (Fsp3) is 0.381. The molecule has 1 saturated carbocycles. The number of benzene rings is 2. The Bertz CT molecular complexity index is 906. The number of hydrogen-bond acceptors (Lipinski definition) is 4. The van der Waals surface area contributed by atoms with Crippen LogP contribution in [-0.4, -0.2) is 26.5 Å². The second-order valence-corrected chi connectivity index (χ2v) is 8.85. The Morgan fingerprint density at radius 3 is 2.41 bits per heavy atom. The van der Waals surface area contributed by atoms with Gasteiger partial charge in [0.05, 0.1) is 16.5 Å². The lowest BCUT2D eigenvalue weighted by atomic mass is 9.93. The number of esters is 1. The molecule has 1 N–H and O–H groups in total. The van der Waals surface area contributed by atoms with Crippen LogP contribution in [0.2, 0.25) is 0 Å². The van der Waals surface area contributed by atoms with E-state index in [0.717, 1.165) is 24.0 Å². The maximum Gasteiger partial charge on any atom is 0.338 e. The van der Waals surface area contributed by atoms with Gasteiger partial charge in [0.1, 0.15) is 6.10 Å². The molecule has 0 saturated heterocycles. The average Bonchev–Trinajstić information content (AvgIpc) is 2.63. The number of sulfonamides is 1. The maximum atomic E-state index is 12.7. The summed E-state index contributed by atoms with van der Waals surface area (Å²) in [5.74, 6) is -0.412. The lowest BCUT2D eigenvalue weighted by Gasteiger charge is -2.31. The van der Waals surface area contributed by atoms with E-state index in [4.69, 9.17) is 4.74 Å². The SMILES string of the molecule is Cc1ccc(S(=O)(=O)N[C@@H]2CCCC[C@H]2OC(=O)c2cccc(C)c2)cc1. The van der Waals surface area contributed by atoms with Gasteiger partial charge in [-0.1, -0.05) is 41.8 Å². The second-order valence-electron chi connectivity index (χ2n) is 7.14. The highest BCUT2D eigenvalue weighted by Gasteiger charge is 2.32. The molecule has 27 heavy (non-hydrogen) atoms. The molecule has 0 amide bonds. The Morgan fingerprint density at radius 1 is 1.00 bits per heavy atom. The summed E-state index contributed by atoms with van der Waals surface area (Å²) >= 11 is 0. The zero-order valence-corrected chi connectivity index (χ0v) is 16.5. The van der Waals surface area contributed by atoms with Gasteiger partial charge in [-0.15, -0.1) is 0 Å². The van der Waals surface area contributed by atoms with Crippen LogP contribution in [0.4, 0.5) is 0 Å². The first kappa shape index (κ1) is 19.6. The van der Waals surface area contributed by atoms with Gasteiger partial charge >= 0.3 is 5.97 Å². The van der Waals surface area contributed by atoms with Gasteiger partial charge in [0.15, 0.2) is 0 Å². The molecule has 0 bridgehead atoms. The smallest absolute Gasteiger partial charge is 0.338 e. The fourth-order valence-corrected chi connectivity index (χ4v) is 4.63. The van der Waals surface area contributed by atoms with Crippen LogP contribution in [-0.2, 0) is 14.8 Å². The lowest BCUT2D eigenvalue weighted by molar-refractivity contribution is 0.0130. The van der Waals surface area contributed by atoms with Gasteiger partial charge in [0.2, 0.25) is 10.0 Å². The molecule has 2 aromatic rings. The van der Waals surface area contributed by atoms with Crippen molar-refractivity contribution in [2.75, 3.05) is 0 Å². The Balaban J connectivity index is 1.73. The van der Waals surface area contributed by atoms with E-state index in [1.54, 1.807) is 36.4 Å². The molecule has 5 nitrogen and oxygen atoms in total. The van der Waals surface area contributed by atoms with Gasteiger partial charge in [-0.3, -0.25) is 0 Å². The molecular weight excluding hydrogens is 362 g/mol. The fourth-order valence-electron chi connectivity index (χ4n) is 3.34. The summed E-state index contributed by atoms with van der Waals surface area (Å²) < 4.78 is 33.8. The summed E-state index contributed by atoms with van der Waals surface area (Å²) in [6.45, 7) is 3.82. The summed E-state index contributed by atoms with van der Waals surface area (Å²) in [7, 11) is -3.66. The van der Waals surface area contributed by atoms with E-state index in [1.807, 2.05) is 26.0 Å². The number of carbonyl (C=O) groups excluding carboxylic acids is 1. The number of carbonyl (C=O) groups is 1. The standard InChI is InChI=1S/C21H25NO4S/c1-15-10-12-18(13-11-15)27(24,25)22-19-8-3-4-9-20(19)26-21(23)17-7-5-6-16(2)14-17/h5-7,10-14,19-20,22H,3-4,8-9H2,1-2H3/t19-,20-/m1/s1. The van der Waals surface area contributed by atoms with Crippen molar-refractivity contribution >= 4 is 16.0 Å². The van der Waals surface area contributed by atoms with Gasteiger partial charge in [-0.2, -0.15) is 0 Å². The molecule has 0 spiro atoms. The van der Waals surface area contributed by atoms with Crippen LogP contribution in [0.3, 0.4) is 0 Å². The van der Waals surface area contributed by atoms with E-state index in [-0.39, 0.29) is 4.90 Å². The summed E-state index contributed by atoms with van der Waals surface area (Å²) in [6, 6.07) is 13.5. The molecule has 0 heterocycles. The Morgan fingerprint density at radius 2 is 1.70 bits per heavy atom. The number of rotatable bonds is 5. The van der Waals surface area contributed by atoms with E-state index in [0.29, 0.717) is 18.4 Å². The van der Waals surface area contributed by atoms with Crippen molar-refractivity contribution in [3.8, 4) is 0 Å². The number of nitrogens with one attached hydrogen (secondary N) is 1. The summed E-state index contributed by atoms with van der Waals surface area (Å²) in [4.78, 5) is 12.7. The van der Waals surface area contributed by atoms with E-state index >= 15 is 0 Å². The molecular formula is C21H25NO4S. The first-order valence-corrected chi connectivity index (χ1v) is 10.7. The molecule has 2 atom stereocenters. The third kappa shape index (κ3) is 4.96. The Labute approximate surface area is 160 Å². The van der Waals surface area contributed by atoms with Gasteiger partial charge in [0, 0.05) is 0 Å². The van der Waals surface area contributed by atoms with Crippen molar-refractivity contribution in [1.82, 2.24) is 4.72 Å². The largest absolute Gasteiger partial charge is 0.457 e. The molecule has 6 heteroatoms. The lowest BCUT2D eigenvalue weighted by Crippen LogP contribution is -2.47. The van der Waals surface area contributed by atoms with E-state index in [2.05, 4.69) is 4.72 Å². The average molecular weight is 388 g/mol. The predicted molar refractivity (Wildman–Crippen MR) is 104 cm³/mol. The van der Waals surface area contributed by atoms with Crippen molar-refractivity contribution in [3.05, 3.63) is 65.2 Å². The molecule has 1 fully saturated rings. The number of ether oxygens (including phenoxy) is 1. The van der Waals surface area contributed by atoms with Crippen molar-refractivity contribution in [3.63, 3.8) is 0 Å². The van der Waals surface area contributed by atoms with E-state index in [9.17, 15) is 13.2 Å². The number of hydrogen-bond donors (Lipinski definition) is 1. The quantitative estimate of drug-likeness (QED) is 0.793. The first-order chi connectivity index (χ1) is 12.8. The monoisotopic (exact) mass is 387 g/mol. The molecule has 0 unspecified atom stereocenters.